The largest absolute Gasteiger partial charge is 0.509 e. The Kier molecular flexibility index (Phi) is 12.0. The van der Waals surface area contributed by atoms with Crippen LogP contribution in [0.1, 0.15) is 78.8 Å². The summed E-state index contributed by atoms with van der Waals surface area (Å²) in [5.74, 6) is 1.08. The second-order valence-electron chi connectivity index (χ2n) is 15.3. The Morgan fingerprint density at radius 3 is 1.52 bits per heavy atom. The molecule has 2 atom stereocenters. The van der Waals surface area contributed by atoms with Gasteiger partial charge in [-0.05, 0) is 153 Å². The van der Waals surface area contributed by atoms with Gasteiger partial charge < -0.3 is 24.4 Å². The molecule has 0 spiro atoms. The van der Waals surface area contributed by atoms with Crippen LogP contribution in [0.25, 0.3) is 33.4 Å². The predicted octanol–water partition coefficient (Wildman–Crippen LogP) is 11.0. The van der Waals surface area contributed by atoms with Gasteiger partial charge in [0, 0.05) is 29.7 Å². The van der Waals surface area contributed by atoms with Gasteiger partial charge in [0.25, 0.3) is 11.8 Å². The average molecular weight is 794 g/mol. The molecular formula is C47H50Cl2N2O5. The van der Waals surface area contributed by atoms with E-state index in [1.54, 1.807) is 0 Å². The highest BCUT2D eigenvalue weighted by Gasteiger charge is 2.44. The van der Waals surface area contributed by atoms with Crippen molar-refractivity contribution in [1.29, 1.82) is 0 Å². The maximum Gasteiger partial charge on any atom is 0.258 e. The van der Waals surface area contributed by atoms with Gasteiger partial charge in [-0.2, -0.15) is 0 Å². The number of fused-ring (bicyclic) bond motifs is 2. The zero-order chi connectivity index (χ0) is 39.7. The number of aryl methyl sites for hydroxylation is 4. The van der Waals surface area contributed by atoms with Crippen molar-refractivity contribution in [2.75, 3.05) is 26.5 Å². The lowest BCUT2D eigenvalue weighted by Gasteiger charge is -2.30. The van der Waals surface area contributed by atoms with E-state index in [2.05, 4.69) is 38.1 Å². The van der Waals surface area contributed by atoms with Gasteiger partial charge in [-0.15, -0.1) is 0 Å². The first-order chi connectivity index (χ1) is 27.0. The molecule has 0 radical (unpaired) electrons. The number of ether oxygens (including phenoxy) is 2. The molecule has 2 unspecified atom stereocenters. The summed E-state index contributed by atoms with van der Waals surface area (Å²) in [6.45, 7) is 12.4. The lowest BCUT2D eigenvalue weighted by atomic mass is 9.90. The minimum Gasteiger partial charge on any atom is -0.509 e. The van der Waals surface area contributed by atoms with E-state index < -0.39 is 0 Å². The average Bonchev–Trinajstić information content (AvgIpc) is 3.60. The van der Waals surface area contributed by atoms with Crippen LogP contribution >= 0.6 is 23.2 Å². The minimum absolute atomic E-state index is 0.0245. The molecule has 4 aliphatic heterocycles. The van der Waals surface area contributed by atoms with Crippen LogP contribution in [0, 0.1) is 27.7 Å². The summed E-state index contributed by atoms with van der Waals surface area (Å²) < 4.78 is 11.5. The van der Waals surface area contributed by atoms with E-state index in [0.29, 0.717) is 22.8 Å². The SMILES string of the molecule is CCOCOC1=C(c2c(C)cc(-c3ccc(Cl)cc3)cc2C)C(=O)N2CCCCC12.Cc1cc(-c2ccc(Cl)cc2)cc(C)c1C1=C(O)C2CCCCN2C1=O. The van der Waals surface area contributed by atoms with Crippen molar-refractivity contribution in [1.82, 2.24) is 9.80 Å². The van der Waals surface area contributed by atoms with Gasteiger partial charge in [0.1, 0.15) is 11.5 Å². The molecule has 4 aromatic carbocycles. The summed E-state index contributed by atoms with van der Waals surface area (Å²) in [5.41, 5.74) is 11.6. The van der Waals surface area contributed by atoms with Gasteiger partial charge in [-0.1, -0.05) is 71.7 Å². The first kappa shape index (κ1) is 39.7. The van der Waals surface area contributed by atoms with Crippen LogP contribution in [0.15, 0.2) is 84.3 Å². The van der Waals surface area contributed by atoms with Crippen LogP contribution in [-0.2, 0) is 19.1 Å². The summed E-state index contributed by atoms with van der Waals surface area (Å²) in [7, 11) is 0. The first-order valence-electron chi connectivity index (χ1n) is 19.7. The van der Waals surface area contributed by atoms with Gasteiger partial charge in [0.15, 0.2) is 6.79 Å². The van der Waals surface area contributed by atoms with Crippen molar-refractivity contribution in [3.05, 3.63) is 128 Å². The van der Waals surface area contributed by atoms with E-state index in [0.717, 1.165) is 118 Å². The van der Waals surface area contributed by atoms with Crippen molar-refractivity contribution in [2.45, 2.75) is 85.2 Å². The monoisotopic (exact) mass is 792 g/mol. The Hall–Kier alpha value is -4.56. The van der Waals surface area contributed by atoms with E-state index >= 15 is 0 Å². The van der Waals surface area contributed by atoms with Crippen LogP contribution < -0.4 is 0 Å². The van der Waals surface area contributed by atoms with Crippen molar-refractivity contribution >= 4 is 46.2 Å². The summed E-state index contributed by atoms with van der Waals surface area (Å²) in [6.07, 6.45) is 6.01. The topological polar surface area (TPSA) is 79.3 Å². The second-order valence-corrected chi connectivity index (χ2v) is 16.1. The van der Waals surface area contributed by atoms with Gasteiger partial charge >= 0.3 is 0 Å². The standard InChI is InChI=1S/C25H28ClNO3.C22H22ClNO2/c1-4-29-15-30-24-21-7-5-6-12-27(21)25(28)23(24)22-16(2)13-19(14-17(22)3)18-8-10-20(26)11-9-18;1-13-11-16(15-6-8-17(23)9-7-15)12-14(2)19(13)20-21(25)18-5-3-4-10-24(18)22(20)26/h8-11,13-14,21H,4-7,12,15H2,1-3H3;6-9,11-12,18,25H,3-5,10H2,1-2H3. The van der Waals surface area contributed by atoms with Crippen molar-refractivity contribution in [3.8, 4) is 22.3 Å². The number of carbonyl (C=O) groups is 2. The van der Waals surface area contributed by atoms with Crippen molar-refractivity contribution in [2.24, 2.45) is 0 Å². The second kappa shape index (κ2) is 16.9. The minimum atomic E-state index is -0.138. The normalized spacial score (nSPS) is 19.3. The summed E-state index contributed by atoms with van der Waals surface area (Å²) in [4.78, 5) is 30.2. The number of amides is 2. The zero-order valence-electron chi connectivity index (χ0n) is 32.9. The fraction of sp³-hybridized carbons (Fsp3) is 0.362. The predicted molar refractivity (Wildman–Crippen MR) is 225 cm³/mol. The molecule has 292 valence electrons. The van der Waals surface area contributed by atoms with Crippen LogP contribution in [0.4, 0.5) is 0 Å². The number of rotatable bonds is 8. The Bertz CT molecular complexity index is 2160. The Labute approximate surface area is 340 Å². The highest BCUT2D eigenvalue weighted by molar-refractivity contribution is 6.31. The molecule has 0 aromatic heterocycles. The molecule has 0 bridgehead atoms. The smallest absolute Gasteiger partial charge is 0.258 e. The molecule has 56 heavy (non-hydrogen) atoms. The molecule has 7 nitrogen and oxygen atoms in total. The van der Waals surface area contributed by atoms with Crippen molar-refractivity contribution in [3.63, 3.8) is 0 Å². The van der Waals surface area contributed by atoms with E-state index in [9.17, 15) is 14.7 Å². The number of piperidine rings is 2. The molecule has 9 heteroatoms. The number of aliphatic hydroxyl groups excluding tert-OH is 1. The molecule has 4 aliphatic rings. The molecule has 2 saturated heterocycles. The highest BCUT2D eigenvalue weighted by atomic mass is 35.5. The third-order valence-corrected chi connectivity index (χ3v) is 12.0. The van der Waals surface area contributed by atoms with Crippen molar-refractivity contribution < 1.29 is 24.2 Å². The number of hydrogen-bond acceptors (Lipinski definition) is 5. The van der Waals surface area contributed by atoms with E-state index in [-0.39, 0.29) is 36.5 Å². The molecule has 4 heterocycles. The first-order valence-corrected chi connectivity index (χ1v) is 20.5. The molecule has 2 fully saturated rings. The molecule has 2 amide bonds. The number of aliphatic hydroxyl groups is 1. The van der Waals surface area contributed by atoms with Crippen LogP contribution in [0.3, 0.4) is 0 Å². The fourth-order valence-corrected chi connectivity index (χ4v) is 9.15. The third kappa shape index (κ3) is 7.74. The molecule has 1 N–H and O–H groups in total. The van der Waals surface area contributed by atoms with Crippen LogP contribution in [-0.4, -0.2) is 65.3 Å². The third-order valence-electron chi connectivity index (χ3n) is 11.5. The van der Waals surface area contributed by atoms with Gasteiger partial charge in [-0.25, -0.2) is 0 Å². The maximum atomic E-state index is 13.4. The summed E-state index contributed by atoms with van der Waals surface area (Å²) >= 11 is 12.0. The van der Waals surface area contributed by atoms with E-state index in [4.69, 9.17) is 32.7 Å². The van der Waals surface area contributed by atoms with Gasteiger partial charge in [0.2, 0.25) is 0 Å². The molecule has 8 rings (SSSR count). The van der Waals surface area contributed by atoms with Crippen LogP contribution in [0.5, 0.6) is 0 Å². The van der Waals surface area contributed by atoms with E-state index in [1.165, 1.54) is 0 Å². The van der Waals surface area contributed by atoms with Gasteiger partial charge in [-0.3, -0.25) is 9.59 Å². The highest BCUT2D eigenvalue weighted by Crippen LogP contribution is 2.42. The lowest BCUT2D eigenvalue weighted by molar-refractivity contribution is -0.127. The number of nitrogens with zero attached hydrogens (tertiary/aromatic N) is 2. The molecule has 0 saturated carbocycles. The molecule has 0 aliphatic carbocycles. The van der Waals surface area contributed by atoms with Gasteiger partial charge in [0.05, 0.1) is 23.2 Å². The Balaban J connectivity index is 0.000000173. The number of benzene rings is 4. The fourth-order valence-electron chi connectivity index (χ4n) is 8.90. The number of carbonyl (C=O) groups excluding carboxylic acids is 2. The number of halogens is 2. The zero-order valence-corrected chi connectivity index (χ0v) is 34.4. The Morgan fingerprint density at radius 1 is 0.625 bits per heavy atom. The quantitative estimate of drug-likeness (QED) is 0.142. The number of hydrogen-bond donors (Lipinski definition) is 1. The summed E-state index contributed by atoms with van der Waals surface area (Å²) in [6, 6.07) is 23.9. The lowest BCUT2D eigenvalue weighted by Crippen LogP contribution is -2.39. The van der Waals surface area contributed by atoms with Crippen LogP contribution in [0.2, 0.25) is 10.0 Å². The molecular weight excluding hydrogens is 743 g/mol. The van der Waals surface area contributed by atoms with E-state index in [1.807, 2.05) is 79.1 Å². The molecule has 4 aromatic rings. The Morgan fingerprint density at radius 2 is 1.05 bits per heavy atom. The maximum absolute atomic E-state index is 13.4. The summed E-state index contributed by atoms with van der Waals surface area (Å²) in [5, 5.41) is 12.2.